The molecule has 1 N–H and O–H groups in total. The number of nitrogens with zero attached hydrogens (tertiary/aromatic N) is 1. The van der Waals surface area contributed by atoms with Crippen molar-refractivity contribution in [2.45, 2.75) is 33.7 Å². The van der Waals surface area contributed by atoms with Gasteiger partial charge in [-0.2, -0.15) is 0 Å². The van der Waals surface area contributed by atoms with Crippen molar-refractivity contribution in [2.75, 3.05) is 17.1 Å². The molecule has 0 aliphatic carbocycles. The molecule has 0 radical (unpaired) electrons. The maximum absolute atomic E-state index is 12.2. The van der Waals surface area contributed by atoms with Gasteiger partial charge in [0.05, 0.1) is 11.9 Å². The molecule has 0 aliphatic heterocycles. The average molecular weight is 375 g/mol. The van der Waals surface area contributed by atoms with Crippen LogP contribution in [-0.2, 0) is 21.4 Å². The lowest BCUT2D eigenvalue weighted by atomic mass is 10.1. The van der Waals surface area contributed by atoms with Crippen molar-refractivity contribution in [3.8, 4) is 0 Å². The topological polar surface area (TPSA) is 66.5 Å². The fraction of sp³-hybridized carbons (Fsp3) is 0.350. The molecule has 0 bridgehead atoms. The molecule has 26 heavy (non-hydrogen) atoms. The van der Waals surface area contributed by atoms with E-state index in [1.807, 2.05) is 63.2 Å². The van der Waals surface area contributed by atoms with Gasteiger partial charge in [-0.3, -0.25) is 9.10 Å². The zero-order chi connectivity index (χ0) is 19.3. The second-order valence-electron chi connectivity index (χ2n) is 6.64. The van der Waals surface area contributed by atoms with Crippen molar-refractivity contribution in [3.05, 3.63) is 64.7 Å². The third-order valence-corrected chi connectivity index (χ3v) is 5.33. The highest BCUT2D eigenvalue weighted by atomic mass is 32.2. The third-order valence-electron chi connectivity index (χ3n) is 4.15. The number of carbonyl (C=O) groups excluding carboxylic acids is 1. The van der Waals surface area contributed by atoms with E-state index in [0.717, 1.165) is 22.3 Å². The fourth-order valence-electron chi connectivity index (χ4n) is 2.77. The molecule has 0 fully saturated rings. The van der Waals surface area contributed by atoms with E-state index >= 15 is 0 Å². The van der Waals surface area contributed by atoms with Crippen molar-refractivity contribution < 1.29 is 13.2 Å². The highest BCUT2D eigenvalue weighted by Gasteiger charge is 2.20. The summed E-state index contributed by atoms with van der Waals surface area (Å²) < 4.78 is 25.7. The van der Waals surface area contributed by atoms with Crippen LogP contribution in [0.3, 0.4) is 0 Å². The molecule has 2 aromatic rings. The third kappa shape index (κ3) is 5.59. The van der Waals surface area contributed by atoms with Gasteiger partial charge in [0.25, 0.3) is 0 Å². The van der Waals surface area contributed by atoms with Crippen LogP contribution in [0.4, 0.5) is 5.69 Å². The number of aryl methyl sites for hydroxylation is 3. The van der Waals surface area contributed by atoms with Gasteiger partial charge in [-0.1, -0.05) is 42.0 Å². The summed E-state index contributed by atoms with van der Waals surface area (Å²) in [7, 11) is -3.47. The summed E-state index contributed by atoms with van der Waals surface area (Å²) in [6.45, 7) is 6.33. The number of carbonyl (C=O) groups is 1. The first kappa shape index (κ1) is 20.0. The first-order valence-corrected chi connectivity index (χ1v) is 10.4. The van der Waals surface area contributed by atoms with E-state index in [1.54, 1.807) is 0 Å². The zero-order valence-electron chi connectivity index (χ0n) is 15.7. The van der Waals surface area contributed by atoms with Gasteiger partial charge < -0.3 is 5.32 Å². The van der Waals surface area contributed by atoms with Gasteiger partial charge >= 0.3 is 0 Å². The van der Waals surface area contributed by atoms with Crippen molar-refractivity contribution in [2.24, 2.45) is 0 Å². The maximum Gasteiger partial charge on any atom is 0.232 e. The van der Waals surface area contributed by atoms with Gasteiger partial charge in [0.1, 0.15) is 0 Å². The zero-order valence-corrected chi connectivity index (χ0v) is 16.6. The minimum atomic E-state index is -3.47. The van der Waals surface area contributed by atoms with E-state index in [4.69, 9.17) is 0 Å². The van der Waals surface area contributed by atoms with E-state index < -0.39 is 10.0 Å². The minimum Gasteiger partial charge on any atom is -0.352 e. The first-order chi connectivity index (χ1) is 12.2. The molecule has 0 saturated carbocycles. The number of hydrogen-bond donors (Lipinski definition) is 1. The largest absolute Gasteiger partial charge is 0.352 e. The van der Waals surface area contributed by atoms with Crippen LogP contribution in [0.15, 0.2) is 42.5 Å². The highest BCUT2D eigenvalue weighted by Crippen LogP contribution is 2.24. The lowest BCUT2D eigenvalue weighted by Gasteiger charge is -2.24. The SMILES string of the molecule is Cc1cccc(CNC(=O)CCN(c2cc(C)ccc2C)S(C)(=O)=O)c1. The molecule has 5 nitrogen and oxygen atoms in total. The van der Waals surface area contributed by atoms with Crippen LogP contribution in [0.5, 0.6) is 0 Å². The van der Waals surface area contributed by atoms with Gasteiger partial charge in [-0.25, -0.2) is 8.42 Å². The smallest absolute Gasteiger partial charge is 0.232 e. The van der Waals surface area contributed by atoms with Crippen LogP contribution in [0.2, 0.25) is 0 Å². The fourth-order valence-corrected chi connectivity index (χ4v) is 3.74. The molecule has 2 rings (SSSR count). The maximum atomic E-state index is 12.2. The summed E-state index contributed by atoms with van der Waals surface area (Å²) in [5.41, 5.74) is 4.62. The molecule has 0 spiro atoms. The van der Waals surface area contributed by atoms with Crippen molar-refractivity contribution in [1.29, 1.82) is 0 Å². The lowest BCUT2D eigenvalue weighted by molar-refractivity contribution is -0.121. The summed E-state index contributed by atoms with van der Waals surface area (Å²) in [5.74, 6) is -0.175. The normalized spacial score (nSPS) is 11.2. The van der Waals surface area contributed by atoms with Gasteiger partial charge in [0.2, 0.25) is 15.9 Å². The van der Waals surface area contributed by atoms with Crippen LogP contribution in [0, 0.1) is 20.8 Å². The van der Waals surface area contributed by atoms with E-state index in [9.17, 15) is 13.2 Å². The van der Waals surface area contributed by atoms with E-state index in [0.29, 0.717) is 12.2 Å². The number of amides is 1. The second-order valence-corrected chi connectivity index (χ2v) is 8.55. The van der Waals surface area contributed by atoms with Crippen molar-refractivity contribution in [1.82, 2.24) is 5.32 Å². The molecule has 6 heteroatoms. The van der Waals surface area contributed by atoms with Gasteiger partial charge in [-0.05, 0) is 43.5 Å². The molecule has 0 aromatic heterocycles. The number of anilines is 1. The summed E-state index contributed by atoms with van der Waals surface area (Å²) in [5, 5.41) is 2.85. The number of rotatable bonds is 7. The molecular formula is C20H26N2O3S. The Balaban J connectivity index is 2.03. The van der Waals surface area contributed by atoms with E-state index in [-0.39, 0.29) is 18.9 Å². The molecule has 0 aliphatic rings. The lowest BCUT2D eigenvalue weighted by Crippen LogP contribution is -2.35. The Hall–Kier alpha value is -2.34. The average Bonchev–Trinajstić information content (AvgIpc) is 2.55. The Bertz CT molecular complexity index is 892. The second kappa shape index (κ2) is 8.36. The molecule has 0 heterocycles. The standard InChI is InChI=1S/C20H26N2O3S/c1-15-6-5-7-18(12-15)14-21-20(23)10-11-22(26(4,24)25)19-13-16(2)8-9-17(19)3/h5-9,12-13H,10-11,14H2,1-4H3,(H,21,23). The predicted molar refractivity (Wildman–Crippen MR) is 106 cm³/mol. The molecule has 0 unspecified atom stereocenters. The van der Waals surface area contributed by atoms with Gasteiger partial charge in [0.15, 0.2) is 0 Å². The monoisotopic (exact) mass is 374 g/mol. The van der Waals surface area contributed by atoms with Gasteiger partial charge in [-0.15, -0.1) is 0 Å². The Morgan fingerprint density at radius 3 is 2.38 bits per heavy atom. The summed E-state index contributed by atoms with van der Waals surface area (Å²) in [6.07, 6.45) is 1.27. The number of nitrogens with one attached hydrogen (secondary N) is 1. The van der Waals surface area contributed by atoms with Gasteiger partial charge in [0, 0.05) is 19.5 Å². The Morgan fingerprint density at radius 2 is 1.73 bits per heavy atom. The van der Waals surface area contributed by atoms with Crippen LogP contribution in [-0.4, -0.2) is 27.1 Å². The highest BCUT2D eigenvalue weighted by molar-refractivity contribution is 7.92. The number of sulfonamides is 1. The summed E-state index contributed by atoms with van der Waals surface area (Å²) in [4.78, 5) is 12.2. The molecule has 1 amide bonds. The van der Waals surface area contributed by atoms with Crippen molar-refractivity contribution in [3.63, 3.8) is 0 Å². The van der Waals surface area contributed by atoms with Crippen LogP contribution in [0.1, 0.15) is 28.7 Å². The molecular weight excluding hydrogens is 348 g/mol. The van der Waals surface area contributed by atoms with Crippen molar-refractivity contribution >= 4 is 21.6 Å². The van der Waals surface area contributed by atoms with Crippen LogP contribution < -0.4 is 9.62 Å². The van der Waals surface area contributed by atoms with Crippen LogP contribution in [0.25, 0.3) is 0 Å². The molecule has 2 aromatic carbocycles. The Morgan fingerprint density at radius 1 is 1.04 bits per heavy atom. The van der Waals surface area contributed by atoms with Crippen LogP contribution >= 0.6 is 0 Å². The Labute approximate surface area is 156 Å². The predicted octanol–water partition coefficient (Wildman–Crippen LogP) is 3.08. The summed E-state index contributed by atoms with van der Waals surface area (Å²) in [6, 6.07) is 13.6. The summed E-state index contributed by atoms with van der Waals surface area (Å²) >= 11 is 0. The Kier molecular flexibility index (Phi) is 6.42. The quantitative estimate of drug-likeness (QED) is 0.810. The number of benzene rings is 2. The molecule has 0 atom stereocenters. The van der Waals surface area contributed by atoms with E-state index in [1.165, 1.54) is 10.6 Å². The minimum absolute atomic E-state index is 0.103. The first-order valence-electron chi connectivity index (χ1n) is 8.54. The molecule has 0 saturated heterocycles. The molecule has 140 valence electrons. The van der Waals surface area contributed by atoms with E-state index in [2.05, 4.69) is 5.32 Å². The number of hydrogen-bond acceptors (Lipinski definition) is 3.